The van der Waals surface area contributed by atoms with Crippen LogP contribution in [0.1, 0.15) is 17.0 Å². The van der Waals surface area contributed by atoms with Crippen molar-refractivity contribution in [2.45, 2.75) is 23.8 Å². The third kappa shape index (κ3) is 2.94. The van der Waals surface area contributed by atoms with Crippen LogP contribution in [0.25, 0.3) is 0 Å². The lowest BCUT2D eigenvalue weighted by atomic mass is 9.78. The van der Waals surface area contributed by atoms with Gasteiger partial charge in [-0.2, -0.15) is 9.57 Å². The zero-order valence-electron chi connectivity index (χ0n) is 13.0. The Balaban J connectivity index is 1.89. The van der Waals surface area contributed by atoms with Crippen LogP contribution in [-0.4, -0.2) is 36.5 Å². The van der Waals surface area contributed by atoms with Gasteiger partial charge in [-0.1, -0.05) is 60.7 Å². The van der Waals surface area contributed by atoms with Crippen LogP contribution < -0.4 is 0 Å². The van der Waals surface area contributed by atoms with Gasteiger partial charge < -0.3 is 5.11 Å². The van der Waals surface area contributed by atoms with Crippen LogP contribution in [0.2, 0.25) is 0 Å². The van der Waals surface area contributed by atoms with Gasteiger partial charge in [0.25, 0.3) is 0 Å². The van der Waals surface area contributed by atoms with Gasteiger partial charge >= 0.3 is 0 Å². The Morgan fingerprint density at radius 3 is 2.17 bits per heavy atom. The number of nitrogens with zero attached hydrogens (tertiary/aromatic N) is 2. The van der Waals surface area contributed by atoms with E-state index in [1.165, 1.54) is 0 Å². The van der Waals surface area contributed by atoms with Crippen molar-refractivity contribution in [2.75, 3.05) is 6.61 Å². The second-order valence-corrected chi connectivity index (χ2v) is 7.71. The summed E-state index contributed by atoms with van der Waals surface area (Å²) in [7, 11) is -3.69. The molecule has 3 atom stereocenters. The Bertz CT molecular complexity index is 832. The van der Waals surface area contributed by atoms with Gasteiger partial charge in [-0.25, -0.2) is 8.42 Å². The largest absolute Gasteiger partial charge is 0.395 e. The van der Waals surface area contributed by atoms with Crippen molar-refractivity contribution in [3.8, 4) is 6.07 Å². The average molecular weight is 342 g/mol. The van der Waals surface area contributed by atoms with Gasteiger partial charge in [-0.3, -0.25) is 0 Å². The van der Waals surface area contributed by atoms with E-state index in [9.17, 15) is 18.8 Å². The van der Waals surface area contributed by atoms with Crippen LogP contribution in [0.5, 0.6) is 0 Å². The Labute approximate surface area is 141 Å². The molecule has 1 N–H and O–H groups in total. The fourth-order valence-electron chi connectivity index (χ4n) is 3.28. The lowest BCUT2D eigenvalue weighted by Gasteiger charge is -2.50. The number of rotatable bonds is 5. The van der Waals surface area contributed by atoms with Gasteiger partial charge in [0.05, 0.1) is 24.5 Å². The van der Waals surface area contributed by atoms with Crippen molar-refractivity contribution in [2.24, 2.45) is 0 Å². The molecule has 1 saturated heterocycles. The van der Waals surface area contributed by atoms with Crippen LogP contribution in [-0.2, 0) is 15.8 Å². The topological polar surface area (TPSA) is 81.4 Å². The monoisotopic (exact) mass is 342 g/mol. The lowest BCUT2D eigenvalue weighted by Crippen LogP contribution is -2.65. The molecule has 1 aliphatic heterocycles. The van der Waals surface area contributed by atoms with Gasteiger partial charge in [0, 0.05) is 5.92 Å². The van der Waals surface area contributed by atoms with E-state index in [-0.39, 0.29) is 18.3 Å². The minimum absolute atomic E-state index is 0.177. The molecule has 6 heteroatoms. The molecule has 124 valence electrons. The van der Waals surface area contributed by atoms with Crippen molar-refractivity contribution in [3.63, 3.8) is 0 Å². The summed E-state index contributed by atoms with van der Waals surface area (Å²) in [6.45, 7) is -0.314. The van der Waals surface area contributed by atoms with Gasteiger partial charge in [-0.05, 0) is 11.1 Å². The number of aliphatic hydroxyl groups is 1. The Morgan fingerprint density at radius 2 is 1.62 bits per heavy atom. The summed E-state index contributed by atoms with van der Waals surface area (Å²) in [5.41, 5.74) is 1.53. The zero-order chi connectivity index (χ0) is 17.2. The molecule has 0 aliphatic carbocycles. The molecule has 5 nitrogen and oxygen atoms in total. The molecule has 0 aromatic heterocycles. The number of hydrogen-bond donors (Lipinski definition) is 1. The Hall–Kier alpha value is -2.20. The molecule has 24 heavy (non-hydrogen) atoms. The van der Waals surface area contributed by atoms with E-state index in [0.717, 1.165) is 9.87 Å². The highest BCUT2D eigenvalue weighted by Gasteiger charge is 2.54. The van der Waals surface area contributed by atoms with E-state index in [0.29, 0.717) is 5.56 Å². The summed E-state index contributed by atoms with van der Waals surface area (Å²) in [5.74, 6) is -0.490. The average Bonchev–Trinajstić information content (AvgIpc) is 2.56. The molecular formula is C18H18N2O3S. The number of aliphatic hydroxyl groups excluding tert-OH is 1. The van der Waals surface area contributed by atoms with E-state index < -0.39 is 22.1 Å². The fourth-order valence-corrected chi connectivity index (χ4v) is 5.18. The van der Waals surface area contributed by atoms with Crippen LogP contribution in [0.4, 0.5) is 0 Å². The smallest absolute Gasteiger partial charge is 0.219 e. The molecule has 1 heterocycles. The van der Waals surface area contributed by atoms with E-state index in [2.05, 4.69) is 6.07 Å². The highest BCUT2D eigenvalue weighted by Crippen LogP contribution is 2.42. The van der Waals surface area contributed by atoms with Gasteiger partial charge in [-0.15, -0.1) is 0 Å². The molecule has 1 fully saturated rings. The molecule has 3 rings (SSSR count). The number of sulfonamides is 1. The second-order valence-electron chi connectivity index (χ2n) is 5.83. The molecule has 0 saturated carbocycles. The summed E-state index contributed by atoms with van der Waals surface area (Å²) in [5, 5.41) is 19.2. The molecule has 0 unspecified atom stereocenters. The van der Waals surface area contributed by atoms with Gasteiger partial charge in [0.15, 0.2) is 0 Å². The number of nitriles is 1. The summed E-state index contributed by atoms with van der Waals surface area (Å²) < 4.78 is 26.7. The second kappa shape index (κ2) is 6.73. The Kier molecular flexibility index (Phi) is 4.67. The minimum Gasteiger partial charge on any atom is -0.395 e. The highest BCUT2D eigenvalue weighted by atomic mass is 32.2. The van der Waals surface area contributed by atoms with E-state index in [1.807, 2.05) is 36.4 Å². The molecule has 0 spiro atoms. The van der Waals surface area contributed by atoms with Crippen LogP contribution in [0.15, 0.2) is 60.7 Å². The molecule has 0 amide bonds. The fraction of sp³-hybridized carbons (Fsp3) is 0.278. The first-order chi connectivity index (χ1) is 11.6. The van der Waals surface area contributed by atoms with Crippen molar-refractivity contribution in [1.82, 2.24) is 4.31 Å². The normalized spacial score (nSPS) is 24.1. The lowest BCUT2D eigenvalue weighted by molar-refractivity contribution is 0.0555. The first-order valence-electron chi connectivity index (χ1n) is 7.69. The maximum Gasteiger partial charge on any atom is 0.219 e. The first-order valence-corrected chi connectivity index (χ1v) is 9.30. The minimum atomic E-state index is -3.69. The van der Waals surface area contributed by atoms with Crippen molar-refractivity contribution < 1.29 is 13.5 Å². The van der Waals surface area contributed by atoms with Gasteiger partial charge in [0.2, 0.25) is 10.0 Å². The molecule has 0 radical (unpaired) electrons. The summed E-state index contributed by atoms with van der Waals surface area (Å²) in [6.07, 6.45) is 0. The summed E-state index contributed by atoms with van der Waals surface area (Å²) in [4.78, 5) is 0. The molecule has 1 aliphatic rings. The zero-order valence-corrected chi connectivity index (χ0v) is 13.8. The van der Waals surface area contributed by atoms with Crippen molar-refractivity contribution >= 4 is 10.0 Å². The van der Waals surface area contributed by atoms with Crippen LogP contribution >= 0.6 is 0 Å². The number of benzene rings is 2. The first kappa shape index (κ1) is 16.7. The highest BCUT2D eigenvalue weighted by molar-refractivity contribution is 7.88. The predicted octanol–water partition coefficient (Wildman–Crippen LogP) is 1.87. The van der Waals surface area contributed by atoms with E-state index in [1.54, 1.807) is 24.3 Å². The SMILES string of the molecule is N#C[C@H]1[C@H](c2ccccc2)[C@@H](CO)N1S(=O)(=O)Cc1ccccc1. The van der Waals surface area contributed by atoms with Crippen LogP contribution in [0.3, 0.4) is 0 Å². The molecular weight excluding hydrogens is 324 g/mol. The third-order valence-corrected chi connectivity index (χ3v) is 6.21. The summed E-state index contributed by atoms with van der Waals surface area (Å²) >= 11 is 0. The standard InChI is InChI=1S/C18H18N2O3S/c19-11-16-18(15-9-5-2-6-10-15)17(12-21)20(16)24(22,23)13-14-7-3-1-4-8-14/h1-10,16-18,21H,12-13H2/t16-,17+,18-/m0/s1. The van der Waals surface area contributed by atoms with E-state index >= 15 is 0 Å². The Morgan fingerprint density at radius 1 is 1.04 bits per heavy atom. The van der Waals surface area contributed by atoms with Crippen molar-refractivity contribution in [1.29, 1.82) is 5.26 Å². The predicted molar refractivity (Wildman–Crippen MR) is 90.4 cm³/mol. The third-order valence-electron chi connectivity index (χ3n) is 4.37. The van der Waals surface area contributed by atoms with Crippen LogP contribution in [0, 0.1) is 11.3 Å². The molecule has 2 aromatic rings. The quantitative estimate of drug-likeness (QED) is 0.899. The molecule has 2 aromatic carbocycles. The van der Waals surface area contributed by atoms with E-state index in [4.69, 9.17) is 0 Å². The maximum absolute atomic E-state index is 12.8. The maximum atomic E-state index is 12.8. The van der Waals surface area contributed by atoms with Gasteiger partial charge in [0.1, 0.15) is 6.04 Å². The number of hydrogen-bond acceptors (Lipinski definition) is 4. The molecule has 0 bridgehead atoms. The summed E-state index contributed by atoms with van der Waals surface area (Å²) in [6, 6.07) is 18.8. The van der Waals surface area contributed by atoms with Crippen molar-refractivity contribution in [3.05, 3.63) is 71.8 Å².